The van der Waals surface area contributed by atoms with E-state index in [1.807, 2.05) is 11.0 Å². The quantitative estimate of drug-likeness (QED) is 0.434. The van der Waals surface area contributed by atoms with Gasteiger partial charge in [-0.25, -0.2) is 0 Å². The summed E-state index contributed by atoms with van der Waals surface area (Å²) in [6.45, 7) is 1.000. The van der Waals surface area contributed by atoms with E-state index < -0.39 is 11.7 Å². The first kappa shape index (κ1) is 20.7. The van der Waals surface area contributed by atoms with Crippen molar-refractivity contribution in [3.8, 4) is 0 Å². The van der Waals surface area contributed by atoms with Gasteiger partial charge in [0, 0.05) is 6.54 Å². The van der Waals surface area contributed by atoms with E-state index in [0.717, 1.165) is 19.3 Å². The Morgan fingerprint density at radius 1 is 1.25 bits per heavy atom. The number of nitrogens with one attached hydrogen (secondary N) is 1. The molecule has 8 heteroatoms. The lowest BCUT2D eigenvalue weighted by Crippen LogP contribution is -2.38. The van der Waals surface area contributed by atoms with E-state index in [4.69, 9.17) is 28.2 Å². The van der Waals surface area contributed by atoms with Crippen LogP contribution in [0, 0.1) is 5.92 Å². The van der Waals surface area contributed by atoms with Crippen LogP contribution in [-0.2, 0) is 12.7 Å². The molecule has 1 aliphatic rings. The summed E-state index contributed by atoms with van der Waals surface area (Å²) in [6.07, 6.45) is 4.18. The standard InChI is InChI=1S/C20H20ClF3N2OS/c21-16-9-4-10-17(18(16)20(22,23)24)25-19(28)26(13-15-8-5-11-27-15)12-14-6-2-1-3-7-14/h1-2,4-5,8-11,14H,3,6-7,12-13H2,(H,25,28). The minimum absolute atomic E-state index is 0.155. The maximum atomic E-state index is 13.4. The lowest BCUT2D eigenvalue weighted by atomic mass is 9.94. The Bertz CT molecular complexity index is 836. The normalized spacial score (nSPS) is 16.8. The molecule has 0 aliphatic heterocycles. The van der Waals surface area contributed by atoms with E-state index in [1.165, 1.54) is 18.2 Å². The van der Waals surface area contributed by atoms with Crippen LogP contribution in [0.15, 0.2) is 53.2 Å². The van der Waals surface area contributed by atoms with Gasteiger partial charge in [-0.1, -0.05) is 29.8 Å². The van der Waals surface area contributed by atoms with Crippen LogP contribution in [0.3, 0.4) is 0 Å². The summed E-state index contributed by atoms with van der Waals surface area (Å²) in [6, 6.07) is 7.59. The Labute approximate surface area is 172 Å². The molecule has 1 unspecified atom stereocenters. The van der Waals surface area contributed by atoms with E-state index >= 15 is 0 Å². The third-order valence-electron chi connectivity index (χ3n) is 4.61. The van der Waals surface area contributed by atoms with Crippen LogP contribution in [0.2, 0.25) is 5.02 Å². The highest BCUT2D eigenvalue weighted by molar-refractivity contribution is 7.80. The molecule has 1 heterocycles. The summed E-state index contributed by atoms with van der Waals surface area (Å²) in [5.41, 5.74) is -1.07. The molecule has 1 atom stereocenters. The summed E-state index contributed by atoms with van der Waals surface area (Å²) in [4.78, 5) is 1.85. The smallest absolute Gasteiger partial charge is 0.419 e. The molecule has 0 fully saturated rings. The van der Waals surface area contributed by atoms with Crippen molar-refractivity contribution < 1.29 is 17.6 Å². The number of hydrogen-bond acceptors (Lipinski definition) is 2. The Morgan fingerprint density at radius 2 is 2.07 bits per heavy atom. The van der Waals surface area contributed by atoms with Gasteiger partial charge in [0.1, 0.15) is 5.76 Å². The van der Waals surface area contributed by atoms with Crippen LogP contribution in [0.4, 0.5) is 18.9 Å². The van der Waals surface area contributed by atoms with Crippen LogP contribution in [-0.4, -0.2) is 16.6 Å². The zero-order valence-electron chi connectivity index (χ0n) is 15.0. The number of benzene rings is 1. The van der Waals surface area contributed by atoms with Gasteiger partial charge >= 0.3 is 6.18 Å². The first-order valence-electron chi connectivity index (χ1n) is 8.93. The molecule has 1 N–H and O–H groups in total. The highest BCUT2D eigenvalue weighted by atomic mass is 35.5. The number of thiocarbonyl (C=S) groups is 1. The summed E-state index contributed by atoms with van der Waals surface area (Å²) in [5, 5.41) is 2.59. The van der Waals surface area contributed by atoms with E-state index in [0.29, 0.717) is 24.8 Å². The maximum Gasteiger partial charge on any atom is 0.419 e. The van der Waals surface area contributed by atoms with E-state index in [-0.39, 0.29) is 15.8 Å². The van der Waals surface area contributed by atoms with Gasteiger partial charge in [-0.2, -0.15) is 13.2 Å². The number of rotatable bonds is 5. The number of furan rings is 1. The Hall–Kier alpha value is -1.99. The van der Waals surface area contributed by atoms with Gasteiger partial charge < -0.3 is 14.6 Å². The third kappa shape index (κ3) is 5.29. The maximum absolute atomic E-state index is 13.4. The molecule has 3 nitrogen and oxygen atoms in total. The second-order valence-corrected chi connectivity index (χ2v) is 7.49. The zero-order chi connectivity index (χ0) is 20.1. The molecule has 1 aromatic carbocycles. The summed E-state index contributed by atoms with van der Waals surface area (Å²) in [5.74, 6) is 1.07. The molecule has 1 aliphatic carbocycles. The molecule has 0 saturated carbocycles. The van der Waals surface area contributed by atoms with Gasteiger partial charge in [0.25, 0.3) is 0 Å². The fourth-order valence-corrected chi connectivity index (χ4v) is 3.79. The molecule has 0 radical (unpaired) electrons. The average molecular weight is 429 g/mol. The molecule has 2 aromatic rings. The predicted octanol–water partition coefficient (Wildman–Crippen LogP) is 6.51. The van der Waals surface area contributed by atoms with Gasteiger partial charge in [0.2, 0.25) is 0 Å². The van der Waals surface area contributed by atoms with Crippen molar-refractivity contribution in [2.45, 2.75) is 32.0 Å². The summed E-state index contributed by atoms with van der Waals surface area (Å²) >= 11 is 11.3. The van der Waals surface area contributed by atoms with Crippen LogP contribution in [0.5, 0.6) is 0 Å². The van der Waals surface area contributed by atoms with Gasteiger partial charge in [0.05, 0.1) is 29.1 Å². The number of anilines is 1. The van der Waals surface area contributed by atoms with Crippen molar-refractivity contribution in [2.24, 2.45) is 5.92 Å². The van der Waals surface area contributed by atoms with Crippen molar-refractivity contribution in [1.82, 2.24) is 4.90 Å². The van der Waals surface area contributed by atoms with Gasteiger partial charge in [-0.3, -0.25) is 0 Å². The highest BCUT2D eigenvalue weighted by Gasteiger charge is 2.36. The zero-order valence-corrected chi connectivity index (χ0v) is 16.6. The molecule has 150 valence electrons. The number of halogens is 4. The molecule has 0 bridgehead atoms. The van der Waals surface area contributed by atoms with Crippen LogP contribution >= 0.6 is 23.8 Å². The highest BCUT2D eigenvalue weighted by Crippen LogP contribution is 2.39. The van der Waals surface area contributed by atoms with Crippen molar-refractivity contribution in [1.29, 1.82) is 0 Å². The number of hydrogen-bond donors (Lipinski definition) is 1. The first-order chi connectivity index (χ1) is 13.3. The van der Waals surface area contributed by atoms with Gasteiger partial charge in [0.15, 0.2) is 5.11 Å². The minimum Gasteiger partial charge on any atom is -0.467 e. The monoisotopic (exact) mass is 428 g/mol. The lowest BCUT2D eigenvalue weighted by Gasteiger charge is -2.30. The lowest BCUT2D eigenvalue weighted by molar-refractivity contribution is -0.136. The van der Waals surface area contributed by atoms with E-state index in [1.54, 1.807) is 12.3 Å². The predicted molar refractivity (Wildman–Crippen MR) is 108 cm³/mol. The molecule has 28 heavy (non-hydrogen) atoms. The van der Waals surface area contributed by atoms with Crippen molar-refractivity contribution >= 4 is 34.6 Å². The van der Waals surface area contributed by atoms with Crippen LogP contribution in [0.25, 0.3) is 0 Å². The van der Waals surface area contributed by atoms with E-state index in [2.05, 4.69) is 17.5 Å². The number of nitrogens with zero attached hydrogens (tertiary/aromatic N) is 1. The molecule has 1 aromatic heterocycles. The third-order valence-corrected chi connectivity index (χ3v) is 5.28. The van der Waals surface area contributed by atoms with Crippen molar-refractivity contribution in [2.75, 3.05) is 11.9 Å². The second-order valence-electron chi connectivity index (χ2n) is 6.70. The van der Waals surface area contributed by atoms with Crippen LogP contribution < -0.4 is 5.32 Å². The molecule has 0 saturated heterocycles. The van der Waals surface area contributed by atoms with Crippen molar-refractivity contribution in [3.63, 3.8) is 0 Å². The average Bonchev–Trinajstić information content (AvgIpc) is 3.14. The molecular formula is C20H20ClF3N2OS. The Morgan fingerprint density at radius 3 is 2.71 bits per heavy atom. The summed E-state index contributed by atoms with van der Waals surface area (Å²) < 4.78 is 45.7. The fourth-order valence-electron chi connectivity index (χ4n) is 3.25. The minimum atomic E-state index is -4.59. The largest absolute Gasteiger partial charge is 0.467 e. The van der Waals surface area contributed by atoms with Gasteiger partial charge in [-0.05, 0) is 61.7 Å². The SMILES string of the molecule is FC(F)(F)c1c(Cl)cccc1NC(=S)N(Cc1ccco1)CC1CC=CCC1. The topological polar surface area (TPSA) is 28.4 Å². The Balaban J connectivity index is 1.81. The van der Waals surface area contributed by atoms with Crippen LogP contribution in [0.1, 0.15) is 30.6 Å². The molecule has 0 amide bonds. The Kier molecular flexibility index (Phi) is 6.67. The first-order valence-corrected chi connectivity index (χ1v) is 9.72. The number of alkyl halides is 3. The van der Waals surface area contributed by atoms with E-state index in [9.17, 15) is 13.2 Å². The second kappa shape index (κ2) is 9.01. The number of allylic oxidation sites excluding steroid dienone is 2. The molecule has 0 spiro atoms. The summed E-state index contributed by atoms with van der Waals surface area (Å²) in [7, 11) is 0. The molecular weight excluding hydrogens is 409 g/mol. The van der Waals surface area contributed by atoms with Gasteiger partial charge in [-0.15, -0.1) is 0 Å². The van der Waals surface area contributed by atoms with Crippen molar-refractivity contribution in [3.05, 3.63) is 65.1 Å². The molecule has 3 rings (SSSR count). The fraction of sp³-hybridized carbons (Fsp3) is 0.350.